The maximum Gasteiger partial charge on any atom is 0.0704 e. The molecule has 0 aliphatic rings. The highest BCUT2D eigenvalue weighted by Gasteiger charge is 2.15. The predicted molar refractivity (Wildman–Crippen MR) is 79.8 cm³/mol. The van der Waals surface area contributed by atoms with Gasteiger partial charge in [-0.15, -0.1) is 11.6 Å². The number of hydrogen-bond donors (Lipinski definition) is 0. The van der Waals surface area contributed by atoms with Crippen LogP contribution in [0.5, 0.6) is 0 Å². The van der Waals surface area contributed by atoms with Crippen molar-refractivity contribution in [1.82, 2.24) is 3.79 Å². The highest BCUT2D eigenvalue weighted by atomic mass is 35.5. The molecule has 0 N–H and O–H groups in total. The minimum Gasteiger partial charge on any atom is -0.264 e. The molecule has 3 heteroatoms. The summed E-state index contributed by atoms with van der Waals surface area (Å²) in [4.78, 5) is 0. The second kappa shape index (κ2) is 3.74. The molecule has 0 saturated heterocycles. The fourth-order valence-electron chi connectivity index (χ4n) is 2.62. The van der Waals surface area contributed by atoms with Crippen molar-refractivity contribution in [3.05, 3.63) is 54.1 Å². The summed E-state index contributed by atoms with van der Waals surface area (Å²) in [6.07, 6.45) is 0. The SMILES string of the molecule is ClCc1c2ccccc2n2sc3ccccc3c12. The Hall–Kier alpha value is -1.51. The van der Waals surface area contributed by atoms with Crippen molar-refractivity contribution in [3.8, 4) is 0 Å². The van der Waals surface area contributed by atoms with E-state index < -0.39 is 0 Å². The first-order valence-electron chi connectivity index (χ1n) is 5.86. The molecule has 2 aromatic carbocycles. The minimum atomic E-state index is 0.553. The number of hydrogen-bond acceptors (Lipinski definition) is 1. The number of fused-ring (bicyclic) bond motifs is 5. The van der Waals surface area contributed by atoms with Crippen molar-refractivity contribution in [3.63, 3.8) is 0 Å². The summed E-state index contributed by atoms with van der Waals surface area (Å²) in [5, 5.41) is 2.57. The highest BCUT2D eigenvalue weighted by molar-refractivity contribution is 7.14. The molecule has 18 heavy (non-hydrogen) atoms. The Morgan fingerprint density at radius 1 is 0.944 bits per heavy atom. The summed E-state index contributed by atoms with van der Waals surface area (Å²) in [6, 6.07) is 17.0. The summed E-state index contributed by atoms with van der Waals surface area (Å²) in [7, 11) is 0. The standard InChI is InChI=1S/C15H10ClNS/c16-9-12-10-5-1-3-7-13(10)17-15(12)11-6-2-4-8-14(11)18-17/h1-8H,9H2. The van der Waals surface area contributed by atoms with E-state index in [-0.39, 0.29) is 0 Å². The van der Waals surface area contributed by atoms with E-state index in [1.807, 2.05) is 0 Å². The molecule has 2 aromatic heterocycles. The van der Waals surface area contributed by atoms with Crippen LogP contribution < -0.4 is 0 Å². The molecule has 0 spiro atoms. The van der Waals surface area contributed by atoms with Crippen molar-refractivity contribution in [1.29, 1.82) is 0 Å². The van der Waals surface area contributed by atoms with Crippen molar-refractivity contribution in [2.24, 2.45) is 0 Å². The first-order chi connectivity index (χ1) is 8.90. The molecule has 4 aromatic rings. The fourth-order valence-corrected chi connectivity index (χ4v) is 4.05. The largest absolute Gasteiger partial charge is 0.264 e. The van der Waals surface area contributed by atoms with E-state index in [4.69, 9.17) is 11.6 Å². The van der Waals surface area contributed by atoms with Gasteiger partial charge in [-0.3, -0.25) is 3.79 Å². The second-order valence-electron chi connectivity index (χ2n) is 4.36. The molecule has 0 aliphatic heterocycles. The lowest BCUT2D eigenvalue weighted by Crippen LogP contribution is -1.75. The van der Waals surface area contributed by atoms with Crippen molar-refractivity contribution in [2.45, 2.75) is 5.88 Å². The minimum absolute atomic E-state index is 0.553. The number of halogens is 1. The van der Waals surface area contributed by atoms with Crippen LogP contribution in [-0.2, 0) is 5.88 Å². The van der Waals surface area contributed by atoms with Gasteiger partial charge in [0.25, 0.3) is 0 Å². The number of nitrogens with zero attached hydrogens (tertiary/aromatic N) is 1. The summed E-state index contributed by atoms with van der Waals surface area (Å²) in [5.74, 6) is 0.553. The van der Waals surface area contributed by atoms with Crippen LogP contribution in [0.25, 0.3) is 26.5 Å². The van der Waals surface area contributed by atoms with Gasteiger partial charge in [0, 0.05) is 16.3 Å². The number of para-hydroxylation sites is 1. The molecule has 4 rings (SSSR count). The van der Waals surface area contributed by atoms with Crippen LogP contribution in [0.4, 0.5) is 0 Å². The van der Waals surface area contributed by atoms with E-state index in [9.17, 15) is 0 Å². The van der Waals surface area contributed by atoms with Crippen LogP contribution in [0.2, 0.25) is 0 Å². The van der Waals surface area contributed by atoms with Crippen LogP contribution in [0, 0.1) is 0 Å². The van der Waals surface area contributed by atoms with Gasteiger partial charge in [0.15, 0.2) is 0 Å². The molecule has 0 fully saturated rings. The number of benzene rings is 2. The van der Waals surface area contributed by atoms with Crippen molar-refractivity contribution in [2.75, 3.05) is 0 Å². The molecule has 0 unspecified atom stereocenters. The molecule has 1 nitrogen and oxygen atoms in total. The lowest BCUT2D eigenvalue weighted by molar-refractivity contribution is 1.44. The molecule has 0 amide bonds. The van der Waals surface area contributed by atoms with Gasteiger partial charge < -0.3 is 0 Å². The second-order valence-corrected chi connectivity index (χ2v) is 5.61. The summed E-state index contributed by atoms with van der Waals surface area (Å²) >= 11 is 7.96. The Bertz CT molecular complexity index is 866. The average Bonchev–Trinajstić information content (AvgIpc) is 2.93. The molecular formula is C15H10ClNS. The van der Waals surface area contributed by atoms with Gasteiger partial charge in [-0.25, -0.2) is 0 Å². The molecular weight excluding hydrogens is 262 g/mol. The topological polar surface area (TPSA) is 4.41 Å². The van der Waals surface area contributed by atoms with E-state index in [2.05, 4.69) is 52.3 Å². The number of alkyl halides is 1. The van der Waals surface area contributed by atoms with Crippen LogP contribution in [0.15, 0.2) is 48.5 Å². The van der Waals surface area contributed by atoms with Gasteiger partial charge in [0.2, 0.25) is 0 Å². The first kappa shape index (κ1) is 10.4. The maximum absolute atomic E-state index is 6.17. The highest BCUT2D eigenvalue weighted by Crippen LogP contribution is 2.37. The van der Waals surface area contributed by atoms with E-state index in [0.29, 0.717) is 5.88 Å². The summed E-state index contributed by atoms with van der Waals surface area (Å²) < 4.78 is 3.61. The molecule has 2 heterocycles. The third kappa shape index (κ3) is 1.22. The molecule has 0 saturated carbocycles. The van der Waals surface area contributed by atoms with Gasteiger partial charge in [-0.05, 0) is 12.1 Å². The summed E-state index contributed by atoms with van der Waals surface area (Å²) in [6.45, 7) is 0. The smallest absolute Gasteiger partial charge is 0.0704 e. The fraction of sp³-hybridized carbons (Fsp3) is 0.0667. The van der Waals surface area contributed by atoms with E-state index in [0.717, 1.165) is 0 Å². The van der Waals surface area contributed by atoms with Crippen molar-refractivity contribution < 1.29 is 0 Å². The van der Waals surface area contributed by atoms with E-state index in [1.54, 1.807) is 11.5 Å². The average molecular weight is 272 g/mol. The van der Waals surface area contributed by atoms with Crippen LogP contribution >= 0.6 is 23.1 Å². The molecule has 88 valence electrons. The number of aromatic nitrogens is 1. The van der Waals surface area contributed by atoms with Crippen LogP contribution in [0.3, 0.4) is 0 Å². The predicted octanol–water partition coefficient (Wildman–Crippen LogP) is 5.05. The zero-order valence-corrected chi connectivity index (χ0v) is 11.1. The summed E-state index contributed by atoms with van der Waals surface area (Å²) in [5.41, 5.74) is 3.76. The Balaban J connectivity index is 2.36. The first-order valence-corrected chi connectivity index (χ1v) is 7.17. The maximum atomic E-state index is 6.17. The zero-order chi connectivity index (χ0) is 12.1. The quantitative estimate of drug-likeness (QED) is 0.427. The zero-order valence-electron chi connectivity index (χ0n) is 9.56. The Kier molecular flexibility index (Phi) is 2.16. The van der Waals surface area contributed by atoms with Crippen molar-refractivity contribution >= 4 is 49.6 Å². The molecule has 0 bridgehead atoms. The Morgan fingerprint density at radius 2 is 1.67 bits per heavy atom. The van der Waals surface area contributed by atoms with Gasteiger partial charge in [-0.1, -0.05) is 47.9 Å². The van der Waals surface area contributed by atoms with Gasteiger partial charge in [-0.2, -0.15) is 0 Å². The van der Waals surface area contributed by atoms with Crippen LogP contribution in [-0.4, -0.2) is 3.79 Å². The Morgan fingerprint density at radius 3 is 2.50 bits per heavy atom. The molecule has 0 aliphatic carbocycles. The Labute approximate surface area is 113 Å². The van der Waals surface area contributed by atoms with Gasteiger partial charge >= 0.3 is 0 Å². The monoisotopic (exact) mass is 271 g/mol. The normalized spacial score (nSPS) is 11.8. The van der Waals surface area contributed by atoms with E-state index >= 15 is 0 Å². The lowest BCUT2D eigenvalue weighted by atomic mass is 10.1. The van der Waals surface area contributed by atoms with E-state index in [1.165, 1.54) is 32.1 Å². The van der Waals surface area contributed by atoms with Gasteiger partial charge in [0.05, 0.1) is 21.6 Å². The molecule has 0 radical (unpaired) electrons. The number of rotatable bonds is 1. The third-order valence-corrected chi connectivity index (χ3v) is 4.78. The third-order valence-electron chi connectivity index (χ3n) is 3.40. The lowest BCUT2D eigenvalue weighted by Gasteiger charge is -1.94. The van der Waals surface area contributed by atoms with Crippen LogP contribution in [0.1, 0.15) is 5.56 Å². The molecule has 0 atom stereocenters. The van der Waals surface area contributed by atoms with Gasteiger partial charge in [0.1, 0.15) is 0 Å².